The Labute approximate surface area is 159 Å². The first-order valence-corrected chi connectivity index (χ1v) is 8.97. The Kier molecular flexibility index (Phi) is 6.49. The zero-order valence-electron chi connectivity index (χ0n) is 15.7. The Bertz CT molecular complexity index is 754. The fourth-order valence-electron chi connectivity index (χ4n) is 3.09. The number of hydrogen-bond acceptors (Lipinski definition) is 5. The number of carbonyl (C=O) groups excluding carboxylic acids is 1. The van der Waals surface area contributed by atoms with Crippen LogP contribution in [0.2, 0.25) is 0 Å². The highest BCUT2D eigenvalue weighted by Crippen LogP contribution is 2.33. The summed E-state index contributed by atoms with van der Waals surface area (Å²) in [7, 11) is 3.22. The molecule has 1 aliphatic rings. The molecule has 2 heterocycles. The van der Waals surface area contributed by atoms with E-state index in [2.05, 4.69) is 10.3 Å². The van der Waals surface area contributed by atoms with Gasteiger partial charge in [-0.05, 0) is 24.6 Å². The minimum Gasteiger partial charge on any atom is -0.493 e. The van der Waals surface area contributed by atoms with E-state index in [1.54, 1.807) is 25.3 Å². The summed E-state index contributed by atoms with van der Waals surface area (Å²) in [5.41, 5.74) is 1.69. The van der Waals surface area contributed by atoms with E-state index in [0.717, 1.165) is 17.7 Å². The van der Waals surface area contributed by atoms with E-state index in [4.69, 9.17) is 14.2 Å². The highest BCUT2D eigenvalue weighted by Gasteiger charge is 2.23. The molecule has 144 valence electrons. The molecule has 1 atom stereocenters. The summed E-state index contributed by atoms with van der Waals surface area (Å²) in [6.07, 6.45) is 2.45. The fraction of sp³-hybridized carbons (Fsp3) is 0.400. The number of nitrogens with one attached hydrogen (secondary N) is 1. The van der Waals surface area contributed by atoms with Crippen molar-refractivity contribution in [3.05, 3.63) is 53.9 Å². The molecular weight excluding hydrogens is 346 g/mol. The van der Waals surface area contributed by atoms with Gasteiger partial charge in [0.25, 0.3) is 0 Å². The van der Waals surface area contributed by atoms with Gasteiger partial charge in [-0.25, -0.2) is 4.79 Å². The molecule has 0 radical (unpaired) electrons. The number of benzene rings is 1. The average molecular weight is 371 g/mol. The molecule has 1 unspecified atom stereocenters. The third-order valence-electron chi connectivity index (χ3n) is 4.42. The number of methoxy groups -OCH3 is 2. The van der Waals surface area contributed by atoms with E-state index in [-0.39, 0.29) is 12.1 Å². The largest absolute Gasteiger partial charge is 0.493 e. The molecule has 1 N–H and O–H groups in total. The first-order valence-electron chi connectivity index (χ1n) is 8.97. The number of hydrogen-bond donors (Lipinski definition) is 1. The van der Waals surface area contributed by atoms with E-state index >= 15 is 0 Å². The number of pyridine rings is 1. The lowest BCUT2D eigenvalue weighted by molar-refractivity contribution is 0.148. The summed E-state index contributed by atoms with van der Waals surface area (Å²) in [5.74, 6) is 1.39. The maximum absolute atomic E-state index is 12.9. The predicted octanol–water partition coefficient (Wildman–Crippen LogP) is 2.77. The molecule has 2 amide bonds. The number of ether oxygens (including phenoxy) is 3. The molecule has 0 saturated heterocycles. The molecule has 0 bridgehead atoms. The molecule has 7 nitrogen and oxygen atoms in total. The van der Waals surface area contributed by atoms with Crippen LogP contribution in [0.5, 0.6) is 11.5 Å². The zero-order chi connectivity index (χ0) is 19.1. The molecule has 27 heavy (non-hydrogen) atoms. The van der Waals surface area contributed by atoms with Crippen molar-refractivity contribution in [2.24, 2.45) is 0 Å². The monoisotopic (exact) mass is 371 g/mol. The molecule has 0 saturated carbocycles. The quantitative estimate of drug-likeness (QED) is 0.875. The lowest BCUT2D eigenvalue weighted by Gasteiger charge is -2.29. The standard InChI is InChI=1S/C20H25N3O4/c1-25-14-17(16-8-3-4-10-21-16)22-20(24)23-11-6-12-27-19-15(13-23)7-5-9-18(19)26-2/h3-5,7-10,17H,6,11-14H2,1-2H3,(H,22,24). The third-order valence-corrected chi connectivity index (χ3v) is 4.42. The maximum Gasteiger partial charge on any atom is 0.318 e. The van der Waals surface area contributed by atoms with Crippen LogP contribution in [0.3, 0.4) is 0 Å². The van der Waals surface area contributed by atoms with Crippen molar-refractivity contribution in [1.29, 1.82) is 0 Å². The topological polar surface area (TPSA) is 72.9 Å². The van der Waals surface area contributed by atoms with E-state index in [9.17, 15) is 4.79 Å². The van der Waals surface area contributed by atoms with Gasteiger partial charge in [0.1, 0.15) is 0 Å². The van der Waals surface area contributed by atoms with Crippen molar-refractivity contribution < 1.29 is 19.0 Å². The zero-order valence-corrected chi connectivity index (χ0v) is 15.7. The predicted molar refractivity (Wildman–Crippen MR) is 101 cm³/mol. The highest BCUT2D eigenvalue weighted by atomic mass is 16.5. The van der Waals surface area contributed by atoms with Gasteiger partial charge in [-0.2, -0.15) is 0 Å². The number of rotatable bonds is 5. The van der Waals surface area contributed by atoms with Crippen LogP contribution in [0.4, 0.5) is 4.79 Å². The molecule has 7 heteroatoms. The lowest BCUT2D eigenvalue weighted by atomic mass is 10.1. The number of amides is 2. The lowest BCUT2D eigenvalue weighted by Crippen LogP contribution is -2.43. The molecule has 1 aromatic heterocycles. The smallest absolute Gasteiger partial charge is 0.318 e. The molecule has 3 rings (SSSR count). The van der Waals surface area contributed by atoms with E-state index in [0.29, 0.717) is 37.8 Å². The Balaban J connectivity index is 1.77. The highest BCUT2D eigenvalue weighted by molar-refractivity contribution is 5.75. The van der Waals surface area contributed by atoms with Crippen LogP contribution in [0, 0.1) is 0 Å². The molecule has 2 aromatic rings. The van der Waals surface area contributed by atoms with Crippen LogP contribution < -0.4 is 14.8 Å². The van der Waals surface area contributed by atoms with Crippen LogP contribution >= 0.6 is 0 Å². The van der Waals surface area contributed by atoms with Crippen molar-refractivity contribution >= 4 is 6.03 Å². The minimum absolute atomic E-state index is 0.154. The van der Waals surface area contributed by atoms with Crippen LogP contribution in [-0.4, -0.2) is 49.9 Å². The first kappa shape index (κ1) is 19.0. The van der Waals surface area contributed by atoms with Crippen LogP contribution in [0.1, 0.15) is 23.7 Å². The maximum atomic E-state index is 12.9. The first-order chi connectivity index (χ1) is 13.2. The molecule has 1 aromatic carbocycles. The molecule has 0 fully saturated rings. The normalized spacial score (nSPS) is 15.0. The molecule has 0 spiro atoms. The summed E-state index contributed by atoms with van der Waals surface area (Å²) >= 11 is 0. The van der Waals surface area contributed by atoms with Crippen LogP contribution in [0.15, 0.2) is 42.6 Å². The molecule has 0 aliphatic carbocycles. The van der Waals surface area contributed by atoms with Crippen molar-refractivity contribution in [2.45, 2.75) is 19.0 Å². The number of carbonyl (C=O) groups is 1. The Morgan fingerprint density at radius 3 is 2.93 bits per heavy atom. The molecular formula is C20H25N3O4. The number of nitrogens with zero attached hydrogens (tertiary/aromatic N) is 2. The number of fused-ring (bicyclic) bond motifs is 1. The van der Waals surface area contributed by atoms with Gasteiger partial charge >= 0.3 is 6.03 Å². The second-order valence-electron chi connectivity index (χ2n) is 6.28. The third kappa shape index (κ3) is 4.68. The van der Waals surface area contributed by atoms with Gasteiger partial charge < -0.3 is 24.4 Å². The molecule has 1 aliphatic heterocycles. The fourth-order valence-corrected chi connectivity index (χ4v) is 3.09. The summed E-state index contributed by atoms with van der Waals surface area (Å²) < 4.78 is 16.5. The summed E-state index contributed by atoms with van der Waals surface area (Å²) in [6.45, 7) is 1.92. The van der Waals surface area contributed by atoms with E-state index in [1.165, 1.54) is 0 Å². The van der Waals surface area contributed by atoms with Crippen molar-refractivity contribution in [1.82, 2.24) is 15.2 Å². The van der Waals surface area contributed by atoms with Crippen LogP contribution in [-0.2, 0) is 11.3 Å². The van der Waals surface area contributed by atoms with Gasteiger partial charge in [-0.1, -0.05) is 18.2 Å². The second-order valence-corrected chi connectivity index (χ2v) is 6.28. The summed E-state index contributed by atoms with van der Waals surface area (Å²) in [6, 6.07) is 10.9. The van der Waals surface area contributed by atoms with Crippen molar-refractivity contribution in [3.63, 3.8) is 0 Å². The van der Waals surface area contributed by atoms with E-state index < -0.39 is 0 Å². The van der Waals surface area contributed by atoms with Crippen LogP contribution in [0.25, 0.3) is 0 Å². The number of urea groups is 1. The summed E-state index contributed by atoms with van der Waals surface area (Å²) in [4.78, 5) is 19.1. The summed E-state index contributed by atoms with van der Waals surface area (Å²) in [5, 5.41) is 3.04. The van der Waals surface area contributed by atoms with Gasteiger partial charge in [-0.15, -0.1) is 0 Å². The number of aromatic nitrogens is 1. The van der Waals surface area contributed by atoms with Crippen molar-refractivity contribution in [2.75, 3.05) is 34.0 Å². The van der Waals surface area contributed by atoms with Gasteiger partial charge in [0.2, 0.25) is 0 Å². The van der Waals surface area contributed by atoms with Gasteiger partial charge in [0, 0.05) is 25.4 Å². The Morgan fingerprint density at radius 2 is 2.19 bits per heavy atom. The average Bonchev–Trinajstić information content (AvgIpc) is 2.68. The second kappa shape index (κ2) is 9.23. The Hall–Kier alpha value is -2.80. The van der Waals surface area contributed by atoms with Crippen molar-refractivity contribution in [3.8, 4) is 11.5 Å². The minimum atomic E-state index is -0.310. The Morgan fingerprint density at radius 1 is 1.30 bits per heavy atom. The SMILES string of the molecule is COCC(NC(=O)N1CCCOc2c(cccc2OC)C1)c1ccccn1. The van der Waals surface area contributed by atoms with Gasteiger partial charge in [0.05, 0.1) is 38.6 Å². The van der Waals surface area contributed by atoms with Gasteiger partial charge in [-0.3, -0.25) is 4.98 Å². The number of para-hydroxylation sites is 1. The van der Waals surface area contributed by atoms with Gasteiger partial charge in [0.15, 0.2) is 11.5 Å². The van der Waals surface area contributed by atoms with E-state index in [1.807, 2.05) is 36.4 Å².